The molecular formula is C31H31FN6O. The van der Waals surface area contributed by atoms with Crippen molar-refractivity contribution in [2.45, 2.75) is 33.7 Å². The first kappa shape index (κ1) is 24.9. The molecule has 5 aromatic rings. The Balaban J connectivity index is 1.37. The van der Waals surface area contributed by atoms with E-state index in [0.29, 0.717) is 32.1 Å². The molecule has 3 aromatic carbocycles. The first-order chi connectivity index (χ1) is 19.0. The summed E-state index contributed by atoms with van der Waals surface area (Å²) in [5.74, 6) is 3.03. The van der Waals surface area contributed by atoms with Crippen LogP contribution in [0.4, 0.5) is 16.2 Å². The summed E-state index contributed by atoms with van der Waals surface area (Å²) in [6.07, 6.45) is 0.612. The van der Waals surface area contributed by atoms with Gasteiger partial charge in [-0.3, -0.25) is 0 Å². The maximum atomic E-state index is 13.6. The van der Waals surface area contributed by atoms with E-state index in [2.05, 4.69) is 56.6 Å². The van der Waals surface area contributed by atoms with E-state index >= 15 is 0 Å². The van der Waals surface area contributed by atoms with Gasteiger partial charge in [0.2, 0.25) is 5.95 Å². The number of halogens is 1. The predicted octanol–water partition coefficient (Wildman–Crippen LogP) is 6.20. The third kappa shape index (κ3) is 5.14. The van der Waals surface area contributed by atoms with E-state index in [-0.39, 0.29) is 5.82 Å². The Bertz CT molecular complexity index is 1650. The topological polar surface area (TPSA) is 79.0 Å². The summed E-state index contributed by atoms with van der Waals surface area (Å²) in [5, 5.41) is 3.27. The lowest BCUT2D eigenvalue weighted by molar-refractivity contribution is 0.331. The minimum absolute atomic E-state index is 0.243. The van der Waals surface area contributed by atoms with Crippen molar-refractivity contribution < 1.29 is 9.13 Å². The second-order valence-electron chi connectivity index (χ2n) is 9.92. The van der Waals surface area contributed by atoms with E-state index in [0.717, 1.165) is 68.5 Å². The van der Waals surface area contributed by atoms with Crippen molar-refractivity contribution in [2.75, 3.05) is 29.9 Å². The van der Waals surface area contributed by atoms with Crippen LogP contribution in [0, 0.1) is 19.7 Å². The lowest BCUT2D eigenvalue weighted by Gasteiger charge is -2.25. The molecule has 1 aliphatic heterocycles. The van der Waals surface area contributed by atoms with E-state index in [1.165, 1.54) is 12.1 Å². The van der Waals surface area contributed by atoms with Crippen LogP contribution in [0.15, 0.2) is 60.7 Å². The Morgan fingerprint density at radius 1 is 0.974 bits per heavy atom. The minimum Gasteiger partial charge on any atom is -0.491 e. The summed E-state index contributed by atoms with van der Waals surface area (Å²) < 4.78 is 19.8. The molecule has 0 saturated carbocycles. The average molecular weight is 523 g/mol. The number of ether oxygens (including phenoxy) is 1. The first-order valence-electron chi connectivity index (χ1n) is 13.3. The number of aromatic nitrogens is 4. The second-order valence-corrected chi connectivity index (χ2v) is 9.92. The highest BCUT2D eigenvalue weighted by Crippen LogP contribution is 2.33. The van der Waals surface area contributed by atoms with Gasteiger partial charge in [0.1, 0.15) is 29.8 Å². The molecule has 3 heterocycles. The van der Waals surface area contributed by atoms with Gasteiger partial charge < -0.3 is 19.9 Å². The molecule has 8 heteroatoms. The molecule has 0 saturated heterocycles. The van der Waals surface area contributed by atoms with Crippen molar-refractivity contribution in [3.8, 4) is 16.9 Å². The standard InChI is InChI=1S/C31H31FN6O/c1-4-33-31-34-19(2)26(15-21-5-9-25(32)10-6-21)30(37-31)38-13-14-39-29-12-8-22(16-24(29)18-38)23-7-11-27-28(17-23)36-20(3)35-27/h5-12,16-17H,4,13-15,18H2,1-3H3,(H,35,36)(H,33,34,37). The maximum Gasteiger partial charge on any atom is 0.224 e. The Kier molecular flexibility index (Phi) is 6.60. The fraction of sp³-hybridized carbons (Fsp3) is 0.258. The number of anilines is 2. The van der Waals surface area contributed by atoms with Gasteiger partial charge in [-0.05, 0) is 73.9 Å². The summed E-state index contributed by atoms with van der Waals surface area (Å²) in [6, 6.07) is 19.3. The normalized spacial score (nSPS) is 13.2. The molecule has 198 valence electrons. The fourth-order valence-electron chi connectivity index (χ4n) is 5.16. The highest BCUT2D eigenvalue weighted by atomic mass is 19.1. The van der Waals surface area contributed by atoms with E-state index in [9.17, 15) is 4.39 Å². The molecule has 2 aromatic heterocycles. The van der Waals surface area contributed by atoms with Crippen molar-refractivity contribution >= 4 is 22.8 Å². The van der Waals surface area contributed by atoms with Crippen molar-refractivity contribution in [1.29, 1.82) is 0 Å². The smallest absolute Gasteiger partial charge is 0.224 e. The van der Waals surface area contributed by atoms with Crippen LogP contribution < -0.4 is 15.0 Å². The van der Waals surface area contributed by atoms with Crippen molar-refractivity contribution in [3.63, 3.8) is 0 Å². The maximum absolute atomic E-state index is 13.6. The summed E-state index contributed by atoms with van der Waals surface area (Å²) in [5.41, 5.74) is 8.25. The molecule has 0 radical (unpaired) electrons. The van der Waals surface area contributed by atoms with E-state index in [1.54, 1.807) is 0 Å². The molecule has 0 atom stereocenters. The molecule has 0 spiro atoms. The SMILES string of the molecule is CCNc1nc(C)c(Cc2ccc(F)cc2)c(N2CCOc3ccc(-c4ccc5[nH]c(C)nc5c4)cc3C2)n1. The number of nitrogens with zero attached hydrogens (tertiary/aromatic N) is 4. The van der Waals surface area contributed by atoms with Gasteiger partial charge in [0.15, 0.2) is 0 Å². The largest absolute Gasteiger partial charge is 0.491 e. The molecule has 39 heavy (non-hydrogen) atoms. The molecule has 0 bridgehead atoms. The highest BCUT2D eigenvalue weighted by molar-refractivity contribution is 5.82. The number of nitrogens with one attached hydrogen (secondary N) is 2. The van der Waals surface area contributed by atoms with Crippen LogP contribution in [0.25, 0.3) is 22.2 Å². The van der Waals surface area contributed by atoms with Crippen molar-refractivity contribution in [2.24, 2.45) is 0 Å². The molecular weight excluding hydrogens is 491 g/mol. The number of H-pyrrole nitrogens is 1. The number of aromatic amines is 1. The second kappa shape index (κ2) is 10.4. The van der Waals surface area contributed by atoms with Crippen molar-refractivity contribution in [3.05, 3.63) is 94.7 Å². The van der Waals surface area contributed by atoms with E-state index in [4.69, 9.17) is 14.7 Å². The summed E-state index contributed by atoms with van der Waals surface area (Å²) in [4.78, 5) is 19.8. The summed E-state index contributed by atoms with van der Waals surface area (Å²) in [7, 11) is 0. The molecule has 0 fully saturated rings. The average Bonchev–Trinajstić information content (AvgIpc) is 3.17. The van der Waals surface area contributed by atoms with E-state index in [1.807, 2.05) is 32.9 Å². The zero-order valence-corrected chi connectivity index (χ0v) is 22.4. The van der Waals surface area contributed by atoms with Crippen LogP contribution in [0.3, 0.4) is 0 Å². The number of hydrogen-bond acceptors (Lipinski definition) is 6. The molecule has 0 amide bonds. The Morgan fingerprint density at radius 3 is 2.59 bits per heavy atom. The third-order valence-electron chi connectivity index (χ3n) is 7.10. The molecule has 1 aliphatic rings. The lowest BCUT2D eigenvalue weighted by Crippen LogP contribution is -2.28. The number of rotatable bonds is 6. The highest BCUT2D eigenvalue weighted by Gasteiger charge is 2.23. The van der Waals surface area contributed by atoms with Crippen LogP contribution in [0.2, 0.25) is 0 Å². The van der Waals surface area contributed by atoms with Crippen LogP contribution in [-0.2, 0) is 13.0 Å². The zero-order valence-electron chi connectivity index (χ0n) is 22.4. The van der Waals surface area contributed by atoms with Gasteiger partial charge in [-0.15, -0.1) is 0 Å². The van der Waals surface area contributed by atoms with Gasteiger partial charge in [0, 0.05) is 36.3 Å². The number of imidazole rings is 1. The number of fused-ring (bicyclic) bond motifs is 2. The van der Waals surface area contributed by atoms with Gasteiger partial charge in [0.25, 0.3) is 0 Å². The lowest BCUT2D eigenvalue weighted by atomic mass is 10.0. The van der Waals surface area contributed by atoms with E-state index < -0.39 is 0 Å². The number of benzene rings is 3. The van der Waals surface area contributed by atoms with Crippen LogP contribution in [0.1, 0.15) is 35.1 Å². The van der Waals surface area contributed by atoms with Gasteiger partial charge >= 0.3 is 0 Å². The molecule has 0 aliphatic carbocycles. The van der Waals surface area contributed by atoms with Crippen LogP contribution >= 0.6 is 0 Å². The molecule has 0 unspecified atom stereocenters. The number of aryl methyl sites for hydroxylation is 2. The van der Waals surface area contributed by atoms with Gasteiger partial charge in [-0.1, -0.05) is 24.3 Å². The van der Waals surface area contributed by atoms with Gasteiger partial charge in [-0.25, -0.2) is 14.4 Å². The fourth-order valence-corrected chi connectivity index (χ4v) is 5.16. The Hall–Kier alpha value is -4.46. The molecule has 7 nitrogen and oxygen atoms in total. The van der Waals surface area contributed by atoms with Crippen molar-refractivity contribution in [1.82, 2.24) is 19.9 Å². The summed E-state index contributed by atoms with van der Waals surface area (Å²) >= 11 is 0. The third-order valence-corrected chi connectivity index (χ3v) is 7.10. The number of hydrogen-bond donors (Lipinski definition) is 2. The zero-order chi connectivity index (χ0) is 26.9. The quantitative estimate of drug-likeness (QED) is 0.277. The van der Waals surface area contributed by atoms with Gasteiger partial charge in [0.05, 0.1) is 17.6 Å². The predicted molar refractivity (Wildman–Crippen MR) is 153 cm³/mol. The van der Waals surface area contributed by atoms with Crippen LogP contribution in [0.5, 0.6) is 5.75 Å². The Morgan fingerprint density at radius 2 is 1.77 bits per heavy atom. The minimum atomic E-state index is -0.243. The molecule has 2 N–H and O–H groups in total. The van der Waals surface area contributed by atoms with Crippen LogP contribution in [-0.4, -0.2) is 39.6 Å². The Labute approximate surface area is 227 Å². The monoisotopic (exact) mass is 522 g/mol. The summed E-state index contributed by atoms with van der Waals surface area (Å²) in [6.45, 7) is 8.61. The van der Waals surface area contributed by atoms with Gasteiger partial charge in [-0.2, -0.15) is 4.98 Å². The molecule has 6 rings (SSSR count). The first-order valence-corrected chi connectivity index (χ1v) is 13.3.